The van der Waals surface area contributed by atoms with Gasteiger partial charge in [0.15, 0.2) is 0 Å². The molecule has 0 saturated heterocycles. The molecule has 2 rings (SSSR count). The van der Waals surface area contributed by atoms with E-state index in [2.05, 4.69) is 25.1 Å². The first kappa shape index (κ1) is 16.0. The quantitative estimate of drug-likeness (QED) is 0.684. The molecule has 0 aliphatic carbocycles. The molecule has 2 nitrogen and oxygen atoms in total. The van der Waals surface area contributed by atoms with Crippen molar-refractivity contribution in [3.63, 3.8) is 0 Å². The summed E-state index contributed by atoms with van der Waals surface area (Å²) in [7, 11) is 0. The summed E-state index contributed by atoms with van der Waals surface area (Å²) in [6, 6.07) is 16.5. The molecule has 0 aliphatic rings. The fourth-order valence-electron chi connectivity index (χ4n) is 2.33. The number of aryl methyl sites for hydroxylation is 1. The minimum Gasteiger partial charge on any atom is -0.494 e. The molecule has 2 aromatic rings. The summed E-state index contributed by atoms with van der Waals surface area (Å²) in [4.78, 5) is 0. The smallest absolute Gasteiger partial charge is 0.123 e. The molecule has 0 spiro atoms. The highest BCUT2D eigenvalue weighted by molar-refractivity contribution is 5.27. The van der Waals surface area contributed by atoms with Gasteiger partial charge in [-0.3, -0.25) is 0 Å². The van der Waals surface area contributed by atoms with Crippen LogP contribution in [-0.2, 0) is 6.42 Å². The minimum atomic E-state index is -0.301. The SMILES string of the molecule is CCc1ccc(OCCCC(C#N)c2cccc(F)c2)cc1. The summed E-state index contributed by atoms with van der Waals surface area (Å²) in [5, 5.41) is 9.23. The molecule has 114 valence electrons. The molecule has 2 aromatic carbocycles. The average Bonchev–Trinajstić information content (AvgIpc) is 2.55. The number of nitriles is 1. The van der Waals surface area contributed by atoms with E-state index in [4.69, 9.17) is 4.74 Å². The van der Waals surface area contributed by atoms with Crippen LogP contribution in [0.15, 0.2) is 48.5 Å². The molecule has 1 atom stereocenters. The van der Waals surface area contributed by atoms with Crippen LogP contribution in [-0.4, -0.2) is 6.61 Å². The molecule has 0 saturated carbocycles. The number of rotatable bonds is 7. The summed E-state index contributed by atoms with van der Waals surface area (Å²) in [5.41, 5.74) is 2.01. The molecular formula is C19H20FNO. The predicted molar refractivity (Wildman–Crippen MR) is 85.3 cm³/mol. The van der Waals surface area contributed by atoms with Crippen LogP contribution < -0.4 is 4.74 Å². The van der Waals surface area contributed by atoms with Crippen molar-refractivity contribution in [1.29, 1.82) is 5.26 Å². The van der Waals surface area contributed by atoms with Crippen molar-refractivity contribution < 1.29 is 9.13 Å². The summed E-state index contributed by atoms with van der Waals surface area (Å²) in [5.74, 6) is 0.253. The van der Waals surface area contributed by atoms with E-state index in [1.165, 1.54) is 17.7 Å². The first-order valence-corrected chi connectivity index (χ1v) is 7.59. The molecule has 3 heteroatoms. The molecule has 0 bridgehead atoms. The Morgan fingerprint density at radius 2 is 1.95 bits per heavy atom. The van der Waals surface area contributed by atoms with E-state index >= 15 is 0 Å². The Labute approximate surface area is 131 Å². The summed E-state index contributed by atoms with van der Waals surface area (Å²) >= 11 is 0. The van der Waals surface area contributed by atoms with Gasteiger partial charge in [-0.25, -0.2) is 4.39 Å². The van der Waals surface area contributed by atoms with Gasteiger partial charge in [-0.15, -0.1) is 0 Å². The number of hydrogen-bond acceptors (Lipinski definition) is 2. The molecular weight excluding hydrogens is 277 g/mol. The summed E-state index contributed by atoms with van der Waals surface area (Å²) < 4.78 is 18.9. The maximum absolute atomic E-state index is 13.2. The lowest BCUT2D eigenvalue weighted by atomic mass is 9.96. The predicted octanol–water partition coefficient (Wildman–Crippen LogP) is 4.85. The van der Waals surface area contributed by atoms with E-state index in [0.717, 1.165) is 24.2 Å². The van der Waals surface area contributed by atoms with Crippen LogP contribution in [0.4, 0.5) is 4.39 Å². The first-order chi connectivity index (χ1) is 10.7. The van der Waals surface area contributed by atoms with Crippen LogP contribution in [0.3, 0.4) is 0 Å². The van der Waals surface area contributed by atoms with Gasteiger partial charge in [0.05, 0.1) is 18.6 Å². The molecule has 1 unspecified atom stereocenters. The third-order valence-electron chi connectivity index (χ3n) is 3.64. The second kappa shape index (κ2) is 8.19. The third-order valence-corrected chi connectivity index (χ3v) is 3.64. The van der Waals surface area contributed by atoms with Crippen LogP contribution in [0, 0.1) is 17.1 Å². The van der Waals surface area contributed by atoms with E-state index < -0.39 is 0 Å². The fourth-order valence-corrected chi connectivity index (χ4v) is 2.33. The van der Waals surface area contributed by atoms with Crippen LogP contribution in [0.1, 0.15) is 36.8 Å². The molecule has 0 fully saturated rings. The van der Waals surface area contributed by atoms with Gasteiger partial charge in [-0.2, -0.15) is 5.26 Å². The van der Waals surface area contributed by atoms with Crippen LogP contribution in [0.25, 0.3) is 0 Å². The number of benzene rings is 2. The zero-order chi connectivity index (χ0) is 15.8. The summed E-state index contributed by atoms with van der Waals surface area (Å²) in [6.07, 6.45) is 2.43. The van der Waals surface area contributed by atoms with Crippen LogP contribution >= 0.6 is 0 Å². The van der Waals surface area contributed by atoms with Gasteiger partial charge in [0.1, 0.15) is 11.6 Å². The maximum atomic E-state index is 13.2. The Balaban J connectivity index is 1.80. The zero-order valence-electron chi connectivity index (χ0n) is 12.8. The Morgan fingerprint density at radius 1 is 1.18 bits per heavy atom. The van der Waals surface area contributed by atoms with E-state index in [1.807, 2.05) is 12.1 Å². The van der Waals surface area contributed by atoms with Crippen molar-refractivity contribution in [1.82, 2.24) is 0 Å². The number of nitrogens with zero attached hydrogens (tertiary/aromatic N) is 1. The van der Waals surface area contributed by atoms with Crippen molar-refractivity contribution in [2.45, 2.75) is 32.1 Å². The van der Waals surface area contributed by atoms with Crippen molar-refractivity contribution in [2.75, 3.05) is 6.61 Å². The van der Waals surface area contributed by atoms with Gasteiger partial charge < -0.3 is 4.74 Å². The average molecular weight is 297 g/mol. The van der Waals surface area contributed by atoms with E-state index in [9.17, 15) is 9.65 Å². The van der Waals surface area contributed by atoms with E-state index in [-0.39, 0.29) is 11.7 Å². The second-order valence-corrected chi connectivity index (χ2v) is 5.22. The lowest BCUT2D eigenvalue weighted by Crippen LogP contribution is -2.02. The highest BCUT2D eigenvalue weighted by Crippen LogP contribution is 2.21. The number of halogens is 1. The highest BCUT2D eigenvalue weighted by atomic mass is 19.1. The Morgan fingerprint density at radius 3 is 2.59 bits per heavy atom. The Hall–Kier alpha value is -2.34. The normalized spacial score (nSPS) is 11.7. The lowest BCUT2D eigenvalue weighted by Gasteiger charge is -2.10. The monoisotopic (exact) mass is 297 g/mol. The zero-order valence-corrected chi connectivity index (χ0v) is 12.8. The first-order valence-electron chi connectivity index (χ1n) is 7.59. The molecule has 0 radical (unpaired) electrons. The minimum absolute atomic E-state index is 0.290. The molecule has 0 N–H and O–H groups in total. The molecule has 0 heterocycles. The van der Waals surface area contributed by atoms with Gasteiger partial charge in [-0.05, 0) is 54.7 Å². The van der Waals surface area contributed by atoms with Crippen LogP contribution in [0.2, 0.25) is 0 Å². The highest BCUT2D eigenvalue weighted by Gasteiger charge is 2.11. The lowest BCUT2D eigenvalue weighted by molar-refractivity contribution is 0.305. The van der Waals surface area contributed by atoms with Crippen LogP contribution in [0.5, 0.6) is 5.75 Å². The largest absolute Gasteiger partial charge is 0.494 e. The van der Waals surface area contributed by atoms with Crippen molar-refractivity contribution >= 4 is 0 Å². The molecule has 0 aromatic heterocycles. The van der Waals surface area contributed by atoms with Gasteiger partial charge >= 0.3 is 0 Å². The Kier molecular flexibility index (Phi) is 5.97. The standard InChI is InChI=1S/C19H20FNO/c1-2-15-8-10-19(11-9-15)22-12-4-6-17(14-21)16-5-3-7-18(20)13-16/h3,5,7-11,13,17H,2,4,6,12H2,1H3. The molecule has 0 amide bonds. The van der Waals surface area contributed by atoms with E-state index in [1.54, 1.807) is 12.1 Å². The van der Waals surface area contributed by atoms with Gasteiger partial charge in [0, 0.05) is 0 Å². The number of ether oxygens (including phenoxy) is 1. The van der Waals surface area contributed by atoms with E-state index in [0.29, 0.717) is 13.0 Å². The topological polar surface area (TPSA) is 33.0 Å². The van der Waals surface area contributed by atoms with Crippen molar-refractivity contribution in [3.8, 4) is 11.8 Å². The number of hydrogen-bond donors (Lipinski definition) is 0. The second-order valence-electron chi connectivity index (χ2n) is 5.22. The van der Waals surface area contributed by atoms with Gasteiger partial charge in [-0.1, -0.05) is 31.2 Å². The van der Waals surface area contributed by atoms with Gasteiger partial charge in [0.2, 0.25) is 0 Å². The van der Waals surface area contributed by atoms with Crippen molar-refractivity contribution in [2.24, 2.45) is 0 Å². The van der Waals surface area contributed by atoms with Crippen molar-refractivity contribution in [3.05, 3.63) is 65.5 Å². The van der Waals surface area contributed by atoms with Gasteiger partial charge in [0.25, 0.3) is 0 Å². The Bertz CT molecular complexity index is 631. The third kappa shape index (κ3) is 4.60. The maximum Gasteiger partial charge on any atom is 0.123 e. The summed E-state index contributed by atoms with van der Waals surface area (Å²) in [6.45, 7) is 2.67. The fraction of sp³-hybridized carbons (Fsp3) is 0.316. The molecule has 0 aliphatic heterocycles. The molecule has 22 heavy (non-hydrogen) atoms.